The van der Waals surface area contributed by atoms with Crippen LogP contribution in [0.1, 0.15) is 16.7 Å². The summed E-state index contributed by atoms with van der Waals surface area (Å²) in [7, 11) is 0. The first-order valence-corrected chi connectivity index (χ1v) is 16.2. The Morgan fingerprint density at radius 2 is 1.17 bits per heavy atom. The van der Waals surface area contributed by atoms with Crippen LogP contribution in [0.3, 0.4) is 0 Å². The molecular formula is C46H31N. The van der Waals surface area contributed by atoms with E-state index in [1.165, 1.54) is 65.7 Å². The zero-order valence-electron chi connectivity index (χ0n) is 26.2. The lowest BCUT2D eigenvalue weighted by atomic mass is 9.88. The Morgan fingerprint density at radius 1 is 0.468 bits per heavy atom. The Balaban J connectivity index is 1.16. The van der Waals surface area contributed by atoms with Gasteiger partial charge in [-0.2, -0.15) is 0 Å². The Kier molecular flexibility index (Phi) is 6.26. The highest BCUT2D eigenvalue weighted by Crippen LogP contribution is 2.39. The molecule has 0 radical (unpaired) electrons. The van der Waals surface area contributed by atoms with Crippen LogP contribution >= 0.6 is 0 Å². The average molecular weight is 598 g/mol. The molecule has 1 heterocycles. The fraction of sp³-hybridized carbons (Fsp3) is 0.0217. The summed E-state index contributed by atoms with van der Waals surface area (Å²) in [4.78, 5) is 5.26. The molecule has 0 bridgehead atoms. The maximum Gasteiger partial charge on any atom is 0.0716 e. The van der Waals surface area contributed by atoms with E-state index < -0.39 is 0 Å². The number of aryl methyl sites for hydroxylation is 1. The normalized spacial score (nSPS) is 12.7. The van der Waals surface area contributed by atoms with E-state index in [0.717, 1.165) is 33.3 Å². The molecule has 7 aromatic carbocycles. The van der Waals surface area contributed by atoms with Crippen LogP contribution in [-0.2, 0) is 0 Å². The number of benzene rings is 7. The summed E-state index contributed by atoms with van der Waals surface area (Å²) in [6.07, 6.45) is 8.46. The molecule has 8 aromatic rings. The average Bonchev–Trinajstić information content (AvgIpc) is 3.32. The van der Waals surface area contributed by atoms with Gasteiger partial charge >= 0.3 is 0 Å². The van der Waals surface area contributed by atoms with Crippen LogP contribution < -0.4 is 0 Å². The van der Waals surface area contributed by atoms with Crippen molar-refractivity contribution < 1.29 is 0 Å². The van der Waals surface area contributed by atoms with Gasteiger partial charge in [-0.15, -0.1) is 0 Å². The van der Waals surface area contributed by atoms with E-state index in [1.807, 2.05) is 0 Å². The first-order valence-electron chi connectivity index (χ1n) is 16.2. The van der Waals surface area contributed by atoms with Gasteiger partial charge in [0, 0.05) is 10.9 Å². The van der Waals surface area contributed by atoms with Crippen molar-refractivity contribution in [2.75, 3.05) is 0 Å². The fourth-order valence-electron chi connectivity index (χ4n) is 7.33. The molecule has 1 nitrogen and oxygen atoms in total. The SMILES string of the molecule is C=C1C=CC=Cc2c1cccc2-c1ccc2ccc(-c3ccc4ccc(-c5cc6ccccc6c6ccccc56)nc4c3)cc2c1C. The highest BCUT2D eigenvalue weighted by atomic mass is 14.7. The summed E-state index contributed by atoms with van der Waals surface area (Å²) in [5, 5.41) is 8.61. The van der Waals surface area contributed by atoms with Crippen molar-refractivity contribution >= 4 is 54.9 Å². The Hall–Kier alpha value is -6.05. The second-order valence-electron chi connectivity index (χ2n) is 12.5. The van der Waals surface area contributed by atoms with Crippen LogP contribution in [0.25, 0.3) is 88.4 Å². The van der Waals surface area contributed by atoms with E-state index in [0.29, 0.717) is 0 Å². The van der Waals surface area contributed by atoms with Crippen LogP contribution in [0.2, 0.25) is 0 Å². The Labute approximate surface area is 274 Å². The predicted octanol–water partition coefficient (Wildman–Crippen LogP) is 12.6. The highest BCUT2D eigenvalue weighted by Gasteiger charge is 2.15. The number of pyridine rings is 1. The molecule has 0 saturated carbocycles. The van der Waals surface area contributed by atoms with E-state index in [2.05, 4.69) is 171 Å². The van der Waals surface area contributed by atoms with E-state index in [1.54, 1.807) is 0 Å². The molecule has 220 valence electrons. The maximum absolute atomic E-state index is 5.26. The molecule has 9 rings (SSSR count). The second kappa shape index (κ2) is 10.8. The summed E-state index contributed by atoms with van der Waals surface area (Å²) in [6.45, 7) is 6.55. The molecule has 1 aliphatic rings. The molecule has 0 spiro atoms. The minimum atomic E-state index is 0.990. The number of allylic oxidation sites excluding steroid dienone is 4. The summed E-state index contributed by atoms with van der Waals surface area (Å²) in [5.41, 5.74) is 12.7. The molecule has 0 unspecified atom stereocenters. The zero-order valence-corrected chi connectivity index (χ0v) is 26.2. The van der Waals surface area contributed by atoms with Gasteiger partial charge in [0.05, 0.1) is 11.2 Å². The van der Waals surface area contributed by atoms with E-state index in [-0.39, 0.29) is 0 Å². The number of hydrogen-bond donors (Lipinski definition) is 0. The molecule has 47 heavy (non-hydrogen) atoms. The maximum atomic E-state index is 5.26. The quantitative estimate of drug-likeness (QED) is 0.185. The van der Waals surface area contributed by atoms with E-state index >= 15 is 0 Å². The number of nitrogens with zero attached hydrogens (tertiary/aromatic N) is 1. The third-order valence-corrected chi connectivity index (χ3v) is 9.77. The molecule has 0 amide bonds. The molecule has 1 aliphatic carbocycles. The topological polar surface area (TPSA) is 12.9 Å². The number of aromatic nitrogens is 1. The molecule has 0 atom stereocenters. The van der Waals surface area contributed by atoms with E-state index in [4.69, 9.17) is 4.98 Å². The van der Waals surface area contributed by atoms with Crippen LogP contribution in [0, 0.1) is 6.92 Å². The van der Waals surface area contributed by atoms with Gasteiger partial charge in [0.15, 0.2) is 0 Å². The molecule has 1 aromatic heterocycles. The third kappa shape index (κ3) is 4.51. The molecule has 0 aliphatic heterocycles. The van der Waals surface area contributed by atoms with Crippen molar-refractivity contribution in [3.05, 3.63) is 175 Å². The fourth-order valence-corrected chi connectivity index (χ4v) is 7.33. The van der Waals surface area contributed by atoms with Crippen LogP contribution in [0.4, 0.5) is 0 Å². The molecule has 0 N–H and O–H groups in total. The molecular weight excluding hydrogens is 567 g/mol. The first kappa shape index (κ1) is 27.3. The predicted molar refractivity (Wildman–Crippen MR) is 203 cm³/mol. The van der Waals surface area contributed by atoms with E-state index in [9.17, 15) is 0 Å². The number of rotatable bonds is 3. The monoisotopic (exact) mass is 597 g/mol. The third-order valence-electron chi connectivity index (χ3n) is 9.77. The molecule has 0 saturated heterocycles. The standard InChI is InChI=1S/C46H31N/c1-29-10-3-5-13-39-36(29)16-9-17-40(39)37-24-22-31-18-20-33(26-43(31)30(37)2)34-21-19-32-23-25-45(47-46(32)28-34)44-27-35-11-4-6-12-38(35)41-14-7-8-15-42(41)44/h3-28H,1H2,2H3. The number of hydrogen-bond acceptors (Lipinski definition) is 1. The van der Waals surface area contributed by atoms with Crippen LogP contribution in [0.5, 0.6) is 0 Å². The number of fused-ring (bicyclic) bond motifs is 6. The van der Waals surface area contributed by atoms with Crippen LogP contribution in [-0.4, -0.2) is 4.98 Å². The van der Waals surface area contributed by atoms with Gasteiger partial charge in [0.1, 0.15) is 0 Å². The minimum absolute atomic E-state index is 0.990. The summed E-state index contributed by atoms with van der Waals surface area (Å²) in [6, 6.07) is 48.4. The van der Waals surface area contributed by atoms with Crippen LogP contribution in [0.15, 0.2) is 158 Å². The highest BCUT2D eigenvalue weighted by molar-refractivity contribution is 6.13. The van der Waals surface area contributed by atoms with Crippen molar-refractivity contribution in [3.63, 3.8) is 0 Å². The van der Waals surface area contributed by atoms with Gasteiger partial charge < -0.3 is 0 Å². The van der Waals surface area contributed by atoms with Gasteiger partial charge in [-0.25, -0.2) is 4.98 Å². The van der Waals surface area contributed by atoms with Gasteiger partial charge in [0.2, 0.25) is 0 Å². The van der Waals surface area contributed by atoms with Crippen molar-refractivity contribution in [1.29, 1.82) is 0 Å². The second-order valence-corrected chi connectivity index (χ2v) is 12.5. The Bertz CT molecular complexity index is 2650. The van der Waals surface area contributed by atoms with Gasteiger partial charge in [-0.3, -0.25) is 0 Å². The lowest BCUT2D eigenvalue weighted by Crippen LogP contribution is -1.93. The first-order chi connectivity index (χ1) is 23.1. The lowest BCUT2D eigenvalue weighted by molar-refractivity contribution is 1.41. The summed E-state index contributed by atoms with van der Waals surface area (Å²) >= 11 is 0. The molecule has 1 heteroatoms. The van der Waals surface area contributed by atoms with Crippen molar-refractivity contribution in [2.24, 2.45) is 0 Å². The van der Waals surface area contributed by atoms with Crippen molar-refractivity contribution in [2.45, 2.75) is 6.92 Å². The zero-order chi connectivity index (χ0) is 31.5. The van der Waals surface area contributed by atoms with Gasteiger partial charge in [0.25, 0.3) is 0 Å². The van der Waals surface area contributed by atoms with Gasteiger partial charge in [-0.05, 0) is 108 Å². The summed E-state index contributed by atoms with van der Waals surface area (Å²) < 4.78 is 0. The summed E-state index contributed by atoms with van der Waals surface area (Å²) in [5.74, 6) is 0. The molecule has 0 fully saturated rings. The van der Waals surface area contributed by atoms with Crippen molar-refractivity contribution in [1.82, 2.24) is 4.98 Å². The Morgan fingerprint density at radius 3 is 2.06 bits per heavy atom. The van der Waals surface area contributed by atoms with Crippen molar-refractivity contribution in [3.8, 4) is 33.5 Å². The smallest absolute Gasteiger partial charge is 0.0716 e. The van der Waals surface area contributed by atoms with Gasteiger partial charge in [-0.1, -0.05) is 140 Å². The minimum Gasteiger partial charge on any atom is -0.248 e. The largest absolute Gasteiger partial charge is 0.248 e. The lowest BCUT2D eigenvalue weighted by Gasteiger charge is -2.16.